The Labute approximate surface area is 157 Å². The molecule has 144 valence electrons. The fraction of sp³-hybridized carbons (Fsp3) is 0.636. The molecule has 4 nitrogen and oxygen atoms in total. The summed E-state index contributed by atoms with van der Waals surface area (Å²) in [5, 5.41) is 0. The second-order valence-corrected chi connectivity index (χ2v) is 7.47. The van der Waals surface area contributed by atoms with E-state index in [1.807, 2.05) is 24.3 Å². The molecule has 0 unspecified atom stereocenters. The molecule has 0 aliphatic heterocycles. The molecular formula is C22H33NO3. The zero-order valence-corrected chi connectivity index (χ0v) is 16.0. The van der Waals surface area contributed by atoms with Gasteiger partial charge in [0, 0.05) is 11.5 Å². The minimum Gasteiger partial charge on any atom is -0.465 e. The average Bonchev–Trinajstić information content (AvgIpc) is 2.68. The molecule has 2 rings (SSSR count). The summed E-state index contributed by atoms with van der Waals surface area (Å²) in [6, 6.07) is 7.44. The van der Waals surface area contributed by atoms with Crippen molar-refractivity contribution in [2.75, 3.05) is 13.2 Å². The van der Waals surface area contributed by atoms with Crippen LogP contribution in [0.5, 0.6) is 0 Å². The predicted octanol–water partition coefficient (Wildman–Crippen LogP) is 4.30. The Morgan fingerprint density at radius 1 is 1.04 bits per heavy atom. The standard InChI is InChI=1S/C22H33NO3/c1-2-3-4-5-14-26-21(24)15-17-6-10-19(11-7-17)22(25)20-12-8-18(16-23)9-13-20/h6-7,10-11,18,20H,2-5,8-9,12-16,23H2,1H3. The Hall–Kier alpha value is -1.68. The minimum atomic E-state index is -0.194. The van der Waals surface area contributed by atoms with Gasteiger partial charge in [-0.1, -0.05) is 50.5 Å². The third kappa shape index (κ3) is 6.56. The van der Waals surface area contributed by atoms with Crippen LogP contribution in [0.1, 0.15) is 74.2 Å². The Bertz CT molecular complexity index is 559. The topological polar surface area (TPSA) is 69.4 Å². The second-order valence-electron chi connectivity index (χ2n) is 7.47. The molecular weight excluding hydrogens is 326 g/mol. The van der Waals surface area contributed by atoms with Crippen LogP contribution in [0.25, 0.3) is 0 Å². The Balaban J connectivity index is 1.77. The molecule has 0 radical (unpaired) electrons. The van der Waals surface area contributed by atoms with Gasteiger partial charge in [0.2, 0.25) is 0 Å². The SMILES string of the molecule is CCCCCCOC(=O)Cc1ccc(C(=O)C2CCC(CN)CC2)cc1. The van der Waals surface area contributed by atoms with Crippen LogP contribution in [0, 0.1) is 11.8 Å². The third-order valence-corrected chi connectivity index (χ3v) is 5.40. The van der Waals surface area contributed by atoms with Gasteiger partial charge in [0.05, 0.1) is 13.0 Å². The van der Waals surface area contributed by atoms with Crippen molar-refractivity contribution in [3.05, 3.63) is 35.4 Å². The molecule has 0 bridgehead atoms. The van der Waals surface area contributed by atoms with Gasteiger partial charge < -0.3 is 10.5 Å². The molecule has 2 N–H and O–H groups in total. The lowest BCUT2D eigenvalue weighted by molar-refractivity contribution is -0.142. The number of carbonyl (C=O) groups is 2. The van der Waals surface area contributed by atoms with Crippen molar-refractivity contribution < 1.29 is 14.3 Å². The zero-order valence-electron chi connectivity index (χ0n) is 16.0. The van der Waals surface area contributed by atoms with Gasteiger partial charge in [-0.05, 0) is 50.1 Å². The van der Waals surface area contributed by atoms with E-state index in [2.05, 4.69) is 6.92 Å². The maximum atomic E-state index is 12.6. The number of esters is 1. The van der Waals surface area contributed by atoms with Gasteiger partial charge in [-0.15, -0.1) is 0 Å². The Morgan fingerprint density at radius 3 is 2.35 bits per heavy atom. The van der Waals surface area contributed by atoms with Crippen LogP contribution in [0.15, 0.2) is 24.3 Å². The van der Waals surface area contributed by atoms with Gasteiger partial charge >= 0.3 is 5.97 Å². The summed E-state index contributed by atoms with van der Waals surface area (Å²) in [5.74, 6) is 0.734. The molecule has 4 heteroatoms. The molecule has 26 heavy (non-hydrogen) atoms. The van der Waals surface area contributed by atoms with Crippen molar-refractivity contribution in [2.45, 2.75) is 64.7 Å². The van der Waals surface area contributed by atoms with Gasteiger partial charge in [-0.3, -0.25) is 9.59 Å². The lowest BCUT2D eigenvalue weighted by Crippen LogP contribution is -2.25. The van der Waals surface area contributed by atoms with Crippen LogP contribution in [0.3, 0.4) is 0 Å². The molecule has 1 aliphatic carbocycles. The number of hydrogen-bond donors (Lipinski definition) is 1. The van der Waals surface area contributed by atoms with E-state index in [-0.39, 0.29) is 24.1 Å². The highest BCUT2D eigenvalue weighted by Gasteiger charge is 2.26. The first-order valence-corrected chi connectivity index (χ1v) is 10.1. The predicted molar refractivity (Wildman–Crippen MR) is 104 cm³/mol. The molecule has 1 aromatic rings. The van der Waals surface area contributed by atoms with Crippen LogP contribution in [-0.4, -0.2) is 24.9 Å². The number of rotatable bonds is 10. The van der Waals surface area contributed by atoms with E-state index in [0.29, 0.717) is 12.5 Å². The molecule has 1 aromatic carbocycles. The van der Waals surface area contributed by atoms with Crippen LogP contribution in [0.2, 0.25) is 0 Å². The zero-order chi connectivity index (χ0) is 18.8. The maximum absolute atomic E-state index is 12.6. The van der Waals surface area contributed by atoms with E-state index >= 15 is 0 Å². The summed E-state index contributed by atoms with van der Waals surface area (Å²) in [6.07, 6.45) is 8.63. The minimum absolute atomic E-state index is 0.122. The first kappa shape index (κ1) is 20.6. The van der Waals surface area contributed by atoms with Crippen LogP contribution in [-0.2, 0) is 16.0 Å². The number of ketones is 1. The Morgan fingerprint density at radius 2 is 1.73 bits per heavy atom. The number of nitrogens with two attached hydrogens (primary N) is 1. The molecule has 0 saturated heterocycles. The molecule has 1 aliphatic rings. The molecule has 0 aromatic heterocycles. The molecule has 0 atom stereocenters. The van der Waals surface area contributed by atoms with Gasteiger partial charge in [0.15, 0.2) is 5.78 Å². The number of unbranched alkanes of at least 4 members (excludes halogenated alkanes) is 3. The lowest BCUT2D eigenvalue weighted by Gasteiger charge is -2.26. The normalized spacial score (nSPS) is 19.9. The van der Waals surface area contributed by atoms with Crippen molar-refractivity contribution in [2.24, 2.45) is 17.6 Å². The molecule has 1 saturated carbocycles. The van der Waals surface area contributed by atoms with Gasteiger partial charge in [0.25, 0.3) is 0 Å². The molecule has 0 heterocycles. The summed E-state index contributed by atoms with van der Waals surface area (Å²) in [5.41, 5.74) is 7.36. The number of benzene rings is 1. The summed E-state index contributed by atoms with van der Waals surface area (Å²) < 4.78 is 5.27. The fourth-order valence-electron chi connectivity index (χ4n) is 3.62. The first-order chi connectivity index (χ1) is 12.6. The maximum Gasteiger partial charge on any atom is 0.310 e. The van der Waals surface area contributed by atoms with E-state index in [4.69, 9.17) is 10.5 Å². The number of Topliss-reactive ketones (excluding diaryl/α,β-unsaturated/α-hetero) is 1. The monoisotopic (exact) mass is 359 g/mol. The summed E-state index contributed by atoms with van der Waals surface area (Å²) in [6.45, 7) is 3.39. The van der Waals surface area contributed by atoms with E-state index in [0.717, 1.165) is 56.2 Å². The van der Waals surface area contributed by atoms with Crippen molar-refractivity contribution in [1.82, 2.24) is 0 Å². The van der Waals surface area contributed by atoms with Crippen LogP contribution < -0.4 is 5.73 Å². The summed E-state index contributed by atoms with van der Waals surface area (Å²) in [7, 11) is 0. The van der Waals surface area contributed by atoms with Crippen molar-refractivity contribution in [3.63, 3.8) is 0 Å². The van der Waals surface area contributed by atoms with E-state index in [9.17, 15) is 9.59 Å². The second kappa shape index (κ2) is 11.1. The summed E-state index contributed by atoms with van der Waals surface area (Å²) >= 11 is 0. The van der Waals surface area contributed by atoms with Crippen LogP contribution in [0.4, 0.5) is 0 Å². The van der Waals surface area contributed by atoms with Gasteiger partial charge in [-0.2, -0.15) is 0 Å². The number of hydrogen-bond acceptors (Lipinski definition) is 4. The summed E-state index contributed by atoms with van der Waals surface area (Å²) in [4.78, 5) is 24.5. The van der Waals surface area contributed by atoms with E-state index < -0.39 is 0 Å². The highest BCUT2D eigenvalue weighted by atomic mass is 16.5. The average molecular weight is 360 g/mol. The van der Waals surface area contributed by atoms with Gasteiger partial charge in [0.1, 0.15) is 0 Å². The van der Waals surface area contributed by atoms with Crippen LogP contribution >= 0.6 is 0 Å². The van der Waals surface area contributed by atoms with Crippen molar-refractivity contribution >= 4 is 11.8 Å². The lowest BCUT2D eigenvalue weighted by atomic mass is 9.78. The smallest absolute Gasteiger partial charge is 0.310 e. The van der Waals surface area contributed by atoms with Gasteiger partial charge in [-0.25, -0.2) is 0 Å². The largest absolute Gasteiger partial charge is 0.465 e. The highest BCUT2D eigenvalue weighted by molar-refractivity contribution is 5.98. The fourth-order valence-corrected chi connectivity index (χ4v) is 3.62. The molecule has 0 spiro atoms. The quantitative estimate of drug-likeness (QED) is 0.384. The molecule has 1 fully saturated rings. The van der Waals surface area contributed by atoms with Crippen molar-refractivity contribution in [3.8, 4) is 0 Å². The van der Waals surface area contributed by atoms with E-state index in [1.54, 1.807) is 0 Å². The molecule has 0 amide bonds. The van der Waals surface area contributed by atoms with Crippen molar-refractivity contribution in [1.29, 1.82) is 0 Å². The number of carbonyl (C=O) groups excluding carboxylic acids is 2. The van der Waals surface area contributed by atoms with E-state index in [1.165, 1.54) is 12.8 Å². The number of ether oxygens (including phenoxy) is 1. The highest BCUT2D eigenvalue weighted by Crippen LogP contribution is 2.30. The Kier molecular flexibility index (Phi) is 8.82. The third-order valence-electron chi connectivity index (χ3n) is 5.40. The first-order valence-electron chi connectivity index (χ1n) is 10.1.